The third-order valence-corrected chi connectivity index (χ3v) is 11.2. The van der Waals surface area contributed by atoms with Gasteiger partial charge >= 0.3 is 0 Å². The minimum atomic E-state index is -4.16. The summed E-state index contributed by atoms with van der Waals surface area (Å²) in [6.45, 7) is 5.36. The number of nitrogens with one attached hydrogen (secondary N) is 1. The Labute approximate surface area is 293 Å². The number of nitrogens with zero attached hydrogens (tertiary/aromatic N) is 2. The minimum Gasteiger partial charge on any atom is -0.352 e. The number of anilines is 1. The molecule has 48 heavy (non-hydrogen) atoms. The van der Waals surface area contributed by atoms with Crippen molar-refractivity contribution >= 4 is 43.5 Å². The molecule has 0 saturated heterocycles. The van der Waals surface area contributed by atoms with E-state index in [4.69, 9.17) is 0 Å². The summed E-state index contributed by atoms with van der Waals surface area (Å²) in [5.41, 5.74) is 4.82. The lowest BCUT2D eigenvalue weighted by Crippen LogP contribution is -2.55. The average Bonchev–Trinajstić information content (AvgIpc) is 3.06. The molecule has 0 aromatic heterocycles. The second kappa shape index (κ2) is 16.0. The van der Waals surface area contributed by atoms with Crippen LogP contribution in [0.3, 0.4) is 0 Å². The summed E-state index contributed by atoms with van der Waals surface area (Å²) < 4.78 is 30.8. The molecule has 4 aromatic rings. The summed E-state index contributed by atoms with van der Waals surface area (Å²) in [6.07, 6.45) is 5.35. The molecule has 7 nitrogen and oxygen atoms in total. The average molecular weight is 731 g/mol. The van der Waals surface area contributed by atoms with E-state index in [2.05, 4.69) is 21.2 Å². The zero-order chi connectivity index (χ0) is 34.3. The first-order chi connectivity index (χ1) is 23.0. The second-order valence-corrected chi connectivity index (χ2v) is 15.6. The standard InChI is InChI=1S/C39H44BrN3O4S/c1-28-14-20-36(21-15-28)48(46,47)43(35-23-29(2)22-30(3)24-35)27-38(44)42(26-32-16-18-33(40)19-17-32)37(25-31-10-6-4-7-11-31)39(45)41-34-12-8-5-9-13-34/h4,6-7,10-11,14-24,34,37H,5,8-9,12-13,25-27H2,1-3H3,(H,41,45). The topological polar surface area (TPSA) is 86.8 Å². The van der Waals surface area contributed by atoms with Gasteiger partial charge in [-0.3, -0.25) is 13.9 Å². The highest BCUT2D eigenvalue weighted by Crippen LogP contribution is 2.28. The molecule has 1 fully saturated rings. The van der Waals surface area contributed by atoms with Crippen LogP contribution in [-0.2, 0) is 32.6 Å². The molecule has 0 aliphatic heterocycles. The van der Waals surface area contributed by atoms with Crippen LogP contribution in [0.25, 0.3) is 0 Å². The van der Waals surface area contributed by atoms with Gasteiger partial charge in [0.15, 0.2) is 0 Å². The van der Waals surface area contributed by atoms with Gasteiger partial charge in [-0.05, 0) is 92.3 Å². The molecule has 1 unspecified atom stereocenters. The van der Waals surface area contributed by atoms with E-state index in [-0.39, 0.29) is 29.8 Å². The van der Waals surface area contributed by atoms with Gasteiger partial charge in [0, 0.05) is 23.5 Å². The van der Waals surface area contributed by atoms with E-state index in [0.717, 1.165) is 64.4 Å². The number of amides is 2. The fourth-order valence-electron chi connectivity index (χ4n) is 6.35. The molecule has 0 bridgehead atoms. The van der Waals surface area contributed by atoms with Crippen LogP contribution < -0.4 is 9.62 Å². The highest BCUT2D eigenvalue weighted by molar-refractivity contribution is 9.10. The maximum absolute atomic E-state index is 14.8. The SMILES string of the molecule is Cc1ccc(S(=O)(=O)N(CC(=O)N(Cc2ccc(Br)cc2)C(Cc2ccccc2)C(=O)NC2CCCCC2)c2cc(C)cc(C)c2)cc1. The van der Waals surface area contributed by atoms with E-state index in [9.17, 15) is 18.0 Å². The first-order valence-electron chi connectivity index (χ1n) is 16.6. The van der Waals surface area contributed by atoms with Crippen molar-refractivity contribution < 1.29 is 18.0 Å². The summed E-state index contributed by atoms with van der Waals surface area (Å²) in [6, 6.07) is 28.6. The molecule has 1 N–H and O–H groups in total. The van der Waals surface area contributed by atoms with Crippen LogP contribution in [0.2, 0.25) is 0 Å². The van der Waals surface area contributed by atoms with Crippen molar-refractivity contribution in [2.24, 2.45) is 0 Å². The van der Waals surface area contributed by atoms with Gasteiger partial charge in [0.25, 0.3) is 10.0 Å². The predicted molar refractivity (Wildman–Crippen MR) is 195 cm³/mol. The largest absolute Gasteiger partial charge is 0.352 e. The number of aryl methyl sites for hydroxylation is 3. The number of carbonyl (C=O) groups excluding carboxylic acids is 2. The lowest BCUT2D eigenvalue weighted by Gasteiger charge is -2.35. The third-order valence-electron chi connectivity index (χ3n) is 8.87. The normalized spacial score (nSPS) is 14.2. The minimum absolute atomic E-state index is 0.0443. The van der Waals surface area contributed by atoms with Gasteiger partial charge in [0.1, 0.15) is 12.6 Å². The number of halogens is 1. The third kappa shape index (κ3) is 9.14. The van der Waals surface area contributed by atoms with Gasteiger partial charge in [-0.25, -0.2) is 8.42 Å². The molecule has 0 radical (unpaired) electrons. The van der Waals surface area contributed by atoms with Gasteiger partial charge < -0.3 is 10.2 Å². The lowest BCUT2D eigenvalue weighted by molar-refractivity contribution is -0.140. The Morgan fingerprint density at radius 3 is 2.04 bits per heavy atom. The molecular formula is C39H44BrN3O4S. The molecule has 1 aliphatic rings. The van der Waals surface area contributed by atoms with E-state index in [1.54, 1.807) is 41.3 Å². The van der Waals surface area contributed by atoms with Crippen molar-refractivity contribution in [2.45, 2.75) is 82.8 Å². The van der Waals surface area contributed by atoms with Crippen LogP contribution in [0.15, 0.2) is 106 Å². The molecule has 0 spiro atoms. The number of hydrogen-bond donors (Lipinski definition) is 1. The van der Waals surface area contributed by atoms with Crippen LogP contribution in [0, 0.1) is 20.8 Å². The Bertz CT molecular complexity index is 1790. The second-order valence-electron chi connectivity index (χ2n) is 12.9. The smallest absolute Gasteiger partial charge is 0.264 e. The zero-order valence-electron chi connectivity index (χ0n) is 27.9. The first-order valence-corrected chi connectivity index (χ1v) is 18.8. The first kappa shape index (κ1) is 35.4. The van der Waals surface area contributed by atoms with Crippen molar-refractivity contribution in [2.75, 3.05) is 10.8 Å². The Hall–Kier alpha value is -3.95. The van der Waals surface area contributed by atoms with Crippen LogP contribution >= 0.6 is 15.9 Å². The zero-order valence-corrected chi connectivity index (χ0v) is 30.3. The Kier molecular flexibility index (Phi) is 11.8. The van der Waals surface area contributed by atoms with E-state index >= 15 is 0 Å². The van der Waals surface area contributed by atoms with Crippen molar-refractivity contribution in [3.05, 3.63) is 129 Å². The maximum Gasteiger partial charge on any atom is 0.264 e. The number of rotatable bonds is 12. The van der Waals surface area contributed by atoms with Gasteiger partial charge in [-0.1, -0.05) is 101 Å². The monoisotopic (exact) mass is 729 g/mol. The molecule has 2 amide bonds. The van der Waals surface area contributed by atoms with E-state index in [1.807, 2.05) is 81.4 Å². The predicted octanol–water partition coefficient (Wildman–Crippen LogP) is 7.66. The summed E-state index contributed by atoms with van der Waals surface area (Å²) in [5, 5.41) is 3.26. The molecule has 1 saturated carbocycles. The van der Waals surface area contributed by atoms with E-state index in [0.29, 0.717) is 5.69 Å². The number of sulfonamides is 1. The van der Waals surface area contributed by atoms with E-state index < -0.39 is 28.5 Å². The molecule has 1 atom stereocenters. The lowest BCUT2D eigenvalue weighted by atomic mass is 9.94. The Morgan fingerprint density at radius 2 is 1.42 bits per heavy atom. The quantitative estimate of drug-likeness (QED) is 0.162. The molecule has 5 rings (SSSR count). The van der Waals surface area contributed by atoms with Crippen LogP contribution in [0.4, 0.5) is 5.69 Å². The Balaban J connectivity index is 1.58. The van der Waals surface area contributed by atoms with Crippen molar-refractivity contribution in [1.29, 1.82) is 0 Å². The van der Waals surface area contributed by atoms with Crippen LogP contribution in [-0.4, -0.2) is 43.8 Å². The highest BCUT2D eigenvalue weighted by atomic mass is 79.9. The van der Waals surface area contributed by atoms with Crippen LogP contribution in [0.1, 0.15) is 59.9 Å². The van der Waals surface area contributed by atoms with Crippen molar-refractivity contribution in [3.8, 4) is 0 Å². The summed E-state index contributed by atoms with van der Waals surface area (Å²) >= 11 is 3.49. The summed E-state index contributed by atoms with van der Waals surface area (Å²) in [7, 11) is -4.16. The fraction of sp³-hybridized carbons (Fsp3) is 0.333. The van der Waals surface area contributed by atoms with Gasteiger partial charge in [0.2, 0.25) is 11.8 Å². The van der Waals surface area contributed by atoms with Gasteiger partial charge in [-0.2, -0.15) is 0 Å². The molecule has 4 aromatic carbocycles. The summed E-state index contributed by atoms with van der Waals surface area (Å²) in [5.74, 6) is -0.692. The molecule has 1 aliphatic carbocycles. The fourth-order valence-corrected chi connectivity index (χ4v) is 8.01. The molecule has 9 heteroatoms. The van der Waals surface area contributed by atoms with Gasteiger partial charge in [-0.15, -0.1) is 0 Å². The van der Waals surface area contributed by atoms with Crippen molar-refractivity contribution in [1.82, 2.24) is 10.2 Å². The number of benzene rings is 4. The van der Waals surface area contributed by atoms with Gasteiger partial charge in [0.05, 0.1) is 10.6 Å². The molecule has 0 heterocycles. The van der Waals surface area contributed by atoms with Crippen LogP contribution in [0.5, 0.6) is 0 Å². The summed E-state index contributed by atoms with van der Waals surface area (Å²) in [4.78, 5) is 30.7. The highest BCUT2D eigenvalue weighted by Gasteiger charge is 2.35. The van der Waals surface area contributed by atoms with E-state index in [1.165, 1.54) is 4.31 Å². The Morgan fingerprint density at radius 1 is 0.792 bits per heavy atom. The maximum atomic E-state index is 14.8. The number of hydrogen-bond acceptors (Lipinski definition) is 4. The van der Waals surface area contributed by atoms with Crippen molar-refractivity contribution in [3.63, 3.8) is 0 Å². The number of carbonyl (C=O) groups is 2. The molecule has 252 valence electrons. The molecular weight excluding hydrogens is 686 g/mol.